The van der Waals surface area contributed by atoms with E-state index in [4.69, 9.17) is 16.3 Å². The Morgan fingerprint density at radius 1 is 1.50 bits per heavy atom. The summed E-state index contributed by atoms with van der Waals surface area (Å²) in [6, 6.07) is -0.954. The number of nitrogens with one attached hydrogen (secondary N) is 1. The molecule has 1 atom stereocenters. The van der Waals surface area contributed by atoms with Crippen molar-refractivity contribution < 1.29 is 23.8 Å². The number of carboxylic acid groups (broad SMARTS) is 1. The molecular weight excluding hydrogens is 341 g/mol. The highest BCUT2D eigenvalue weighted by Crippen LogP contribution is 2.28. The molecule has 0 radical (unpaired) electrons. The summed E-state index contributed by atoms with van der Waals surface area (Å²) in [6.07, 6.45) is 2.18. The minimum atomic E-state index is -1.38. The SMILES string of the molecule is CCCCOC(=O)CC(Nc1nc(Cl)ncc1F)C(C)(C)C(=O)O. The number of ether oxygens (including phenoxy) is 1. The van der Waals surface area contributed by atoms with Crippen molar-refractivity contribution in [1.82, 2.24) is 9.97 Å². The second kappa shape index (κ2) is 8.77. The first-order valence-corrected chi connectivity index (χ1v) is 7.89. The largest absolute Gasteiger partial charge is 0.481 e. The molecule has 9 heteroatoms. The van der Waals surface area contributed by atoms with Gasteiger partial charge in [0.15, 0.2) is 11.6 Å². The standard InChI is InChI=1S/C15H21ClFN3O4/c1-4-5-6-24-11(21)7-10(15(2,3)13(22)23)19-12-9(17)8-18-14(16)20-12/h8,10H,4-7H2,1-3H3,(H,22,23)(H,18,19,20). The van der Waals surface area contributed by atoms with Crippen LogP contribution in [0.15, 0.2) is 6.20 Å². The molecule has 0 bridgehead atoms. The number of carbonyl (C=O) groups is 2. The van der Waals surface area contributed by atoms with Crippen molar-refractivity contribution in [3.63, 3.8) is 0 Å². The van der Waals surface area contributed by atoms with E-state index in [2.05, 4.69) is 15.3 Å². The lowest BCUT2D eigenvalue weighted by molar-refractivity contribution is -0.150. The van der Waals surface area contributed by atoms with Gasteiger partial charge in [-0.1, -0.05) is 13.3 Å². The van der Waals surface area contributed by atoms with Gasteiger partial charge in [0, 0.05) is 0 Å². The topological polar surface area (TPSA) is 101 Å². The van der Waals surface area contributed by atoms with E-state index < -0.39 is 29.2 Å². The molecule has 0 aliphatic heterocycles. The van der Waals surface area contributed by atoms with Crippen molar-refractivity contribution in [1.29, 1.82) is 0 Å². The average Bonchev–Trinajstić information content (AvgIpc) is 2.50. The molecule has 0 fully saturated rings. The van der Waals surface area contributed by atoms with Gasteiger partial charge >= 0.3 is 11.9 Å². The number of nitrogens with zero attached hydrogens (tertiary/aromatic N) is 2. The second-order valence-electron chi connectivity index (χ2n) is 5.84. The van der Waals surface area contributed by atoms with Gasteiger partial charge in [0.05, 0.1) is 30.7 Å². The average molecular weight is 362 g/mol. The summed E-state index contributed by atoms with van der Waals surface area (Å²) in [5.41, 5.74) is -1.38. The van der Waals surface area contributed by atoms with Crippen LogP contribution in [-0.2, 0) is 14.3 Å². The Balaban J connectivity index is 2.95. The van der Waals surface area contributed by atoms with E-state index in [1.54, 1.807) is 0 Å². The van der Waals surface area contributed by atoms with Crippen LogP contribution in [0.2, 0.25) is 5.28 Å². The van der Waals surface area contributed by atoms with Crippen LogP contribution in [0.25, 0.3) is 0 Å². The van der Waals surface area contributed by atoms with Crippen LogP contribution in [0.3, 0.4) is 0 Å². The predicted octanol–water partition coefficient (Wildman–Crippen LogP) is 2.89. The molecule has 0 aliphatic carbocycles. The molecule has 0 saturated heterocycles. The van der Waals surface area contributed by atoms with Crippen LogP contribution in [0.5, 0.6) is 0 Å². The molecule has 0 aliphatic rings. The Hall–Kier alpha value is -1.96. The molecule has 24 heavy (non-hydrogen) atoms. The Morgan fingerprint density at radius 2 is 2.17 bits per heavy atom. The summed E-state index contributed by atoms with van der Waals surface area (Å²) in [5.74, 6) is -2.79. The third-order valence-corrected chi connectivity index (χ3v) is 3.76. The fourth-order valence-electron chi connectivity index (χ4n) is 1.80. The van der Waals surface area contributed by atoms with E-state index in [-0.39, 0.29) is 24.1 Å². The number of rotatable bonds is 9. The van der Waals surface area contributed by atoms with E-state index in [0.29, 0.717) is 6.42 Å². The summed E-state index contributed by atoms with van der Waals surface area (Å²) < 4.78 is 18.9. The van der Waals surface area contributed by atoms with Gasteiger partial charge in [-0.15, -0.1) is 0 Å². The summed E-state index contributed by atoms with van der Waals surface area (Å²) in [6.45, 7) is 5.05. The minimum absolute atomic E-state index is 0.198. The predicted molar refractivity (Wildman–Crippen MR) is 86.3 cm³/mol. The summed E-state index contributed by atoms with van der Waals surface area (Å²) in [4.78, 5) is 30.6. The maximum atomic E-state index is 13.8. The fourth-order valence-corrected chi connectivity index (χ4v) is 1.94. The molecule has 2 N–H and O–H groups in total. The molecule has 1 heterocycles. The van der Waals surface area contributed by atoms with E-state index in [1.807, 2.05) is 6.92 Å². The number of aliphatic carboxylic acids is 1. The van der Waals surface area contributed by atoms with Gasteiger partial charge in [0.25, 0.3) is 0 Å². The quantitative estimate of drug-likeness (QED) is 0.396. The van der Waals surface area contributed by atoms with Crippen molar-refractivity contribution >= 4 is 29.4 Å². The van der Waals surface area contributed by atoms with Crippen LogP contribution in [0.1, 0.15) is 40.0 Å². The first kappa shape index (κ1) is 20.1. The molecular formula is C15H21ClFN3O4. The molecule has 1 aromatic rings. The maximum absolute atomic E-state index is 13.8. The van der Waals surface area contributed by atoms with Gasteiger partial charge in [0.1, 0.15) is 0 Å². The number of hydrogen-bond acceptors (Lipinski definition) is 6. The zero-order valence-electron chi connectivity index (χ0n) is 13.8. The smallest absolute Gasteiger partial charge is 0.311 e. The van der Waals surface area contributed by atoms with Crippen LogP contribution in [0.4, 0.5) is 10.2 Å². The summed E-state index contributed by atoms with van der Waals surface area (Å²) in [7, 11) is 0. The third kappa shape index (κ3) is 5.59. The number of esters is 1. The molecule has 0 saturated carbocycles. The second-order valence-corrected chi connectivity index (χ2v) is 6.18. The van der Waals surface area contributed by atoms with E-state index in [1.165, 1.54) is 13.8 Å². The fraction of sp³-hybridized carbons (Fsp3) is 0.600. The zero-order chi connectivity index (χ0) is 18.3. The van der Waals surface area contributed by atoms with Gasteiger partial charge in [-0.2, -0.15) is 4.98 Å². The monoisotopic (exact) mass is 361 g/mol. The minimum Gasteiger partial charge on any atom is -0.481 e. The molecule has 0 amide bonds. The highest BCUT2D eigenvalue weighted by Gasteiger charge is 2.39. The lowest BCUT2D eigenvalue weighted by Gasteiger charge is -2.31. The Bertz CT molecular complexity index is 598. The van der Waals surface area contributed by atoms with Crippen molar-refractivity contribution in [2.75, 3.05) is 11.9 Å². The maximum Gasteiger partial charge on any atom is 0.311 e. The Labute approximate surface area is 144 Å². The van der Waals surface area contributed by atoms with Gasteiger partial charge in [-0.25, -0.2) is 9.37 Å². The molecule has 1 rings (SSSR count). The van der Waals surface area contributed by atoms with E-state index >= 15 is 0 Å². The molecule has 0 spiro atoms. The van der Waals surface area contributed by atoms with Crippen LogP contribution >= 0.6 is 11.6 Å². The first-order valence-electron chi connectivity index (χ1n) is 7.52. The van der Waals surface area contributed by atoms with Crippen LogP contribution in [-0.4, -0.2) is 39.7 Å². The highest BCUT2D eigenvalue weighted by atomic mass is 35.5. The lowest BCUT2D eigenvalue weighted by Crippen LogP contribution is -2.44. The lowest BCUT2D eigenvalue weighted by atomic mass is 9.82. The molecule has 0 aromatic carbocycles. The Kier molecular flexibility index (Phi) is 7.34. The Morgan fingerprint density at radius 3 is 2.75 bits per heavy atom. The van der Waals surface area contributed by atoms with Crippen molar-refractivity contribution in [2.24, 2.45) is 5.41 Å². The number of unbranched alkanes of at least 4 members (excludes halogenated alkanes) is 1. The number of anilines is 1. The molecule has 7 nitrogen and oxygen atoms in total. The molecule has 1 unspecified atom stereocenters. The zero-order valence-corrected chi connectivity index (χ0v) is 14.6. The third-order valence-electron chi connectivity index (χ3n) is 3.58. The number of carbonyl (C=O) groups excluding carboxylic acids is 1. The molecule has 1 aromatic heterocycles. The number of halogens is 2. The number of hydrogen-bond donors (Lipinski definition) is 2. The van der Waals surface area contributed by atoms with Gasteiger partial charge in [0.2, 0.25) is 5.28 Å². The van der Waals surface area contributed by atoms with Gasteiger partial charge in [-0.05, 0) is 31.9 Å². The van der Waals surface area contributed by atoms with Crippen LogP contribution < -0.4 is 5.32 Å². The van der Waals surface area contributed by atoms with Crippen LogP contribution in [0, 0.1) is 11.2 Å². The van der Waals surface area contributed by atoms with Crippen molar-refractivity contribution in [2.45, 2.75) is 46.1 Å². The van der Waals surface area contributed by atoms with E-state index in [9.17, 15) is 19.1 Å². The first-order chi connectivity index (χ1) is 11.2. The summed E-state index contributed by atoms with van der Waals surface area (Å²) >= 11 is 5.63. The van der Waals surface area contributed by atoms with Crippen molar-refractivity contribution in [3.8, 4) is 0 Å². The molecule has 134 valence electrons. The van der Waals surface area contributed by atoms with Gasteiger partial charge < -0.3 is 15.2 Å². The normalized spacial score (nSPS) is 12.5. The van der Waals surface area contributed by atoms with E-state index in [0.717, 1.165) is 12.6 Å². The summed E-state index contributed by atoms with van der Waals surface area (Å²) in [5, 5.41) is 11.8. The number of carboxylic acids is 1. The number of aromatic nitrogens is 2. The van der Waals surface area contributed by atoms with Gasteiger partial charge in [-0.3, -0.25) is 9.59 Å². The van der Waals surface area contributed by atoms with Crippen molar-refractivity contribution in [3.05, 3.63) is 17.3 Å². The highest BCUT2D eigenvalue weighted by molar-refractivity contribution is 6.28.